The lowest BCUT2D eigenvalue weighted by atomic mass is 9.48. The van der Waals surface area contributed by atoms with E-state index >= 15 is 0 Å². The highest BCUT2D eigenvalue weighted by Crippen LogP contribution is 2.61. The molecule has 0 unspecified atom stereocenters. The van der Waals surface area contributed by atoms with Crippen molar-refractivity contribution in [1.82, 2.24) is 0 Å². The van der Waals surface area contributed by atoms with E-state index in [0.29, 0.717) is 18.9 Å². The van der Waals surface area contributed by atoms with Gasteiger partial charge in [0.15, 0.2) is 0 Å². The molecule has 4 heteroatoms. The van der Waals surface area contributed by atoms with Crippen molar-refractivity contribution in [2.45, 2.75) is 39.0 Å². The SMILES string of the molecule is CCOC(=O)CC1CC2(C1)CC(C(=O)O)C2. The third-order valence-electron chi connectivity index (χ3n) is 3.91. The van der Waals surface area contributed by atoms with Crippen LogP contribution in [-0.4, -0.2) is 23.7 Å². The van der Waals surface area contributed by atoms with Gasteiger partial charge >= 0.3 is 11.9 Å². The molecule has 0 saturated heterocycles. The molecular formula is C12H18O4. The molecule has 1 N–H and O–H groups in total. The summed E-state index contributed by atoms with van der Waals surface area (Å²) in [6, 6.07) is 0. The first kappa shape index (κ1) is 11.4. The number of rotatable bonds is 4. The summed E-state index contributed by atoms with van der Waals surface area (Å²) in [5.74, 6) is -0.492. The lowest BCUT2D eigenvalue weighted by Gasteiger charge is -2.56. The van der Waals surface area contributed by atoms with Crippen LogP contribution in [0.5, 0.6) is 0 Å². The minimum atomic E-state index is -0.667. The summed E-state index contributed by atoms with van der Waals surface area (Å²) in [5, 5.41) is 8.79. The number of aliphatic carboxylic acids is 1. The molecule has 0 heterocycles. The molecule has 4 nitrogen and oxygen atoms in total. The zero-order chi connectivity index (χ0) is 11.8. The first-order chi connectivity index (χ1) is 7.54. The molecular weight excluding hydrogens is 208 g/mol. The average Bonchev–Trinajstić information content (AvgIpc) is 2.06. The van der Waals surface area contributed by atoms with E-state index < -0.39 is 5.97 Å². The largest absolute Gasteiger partial charge is 0.481 e. The average molecular weight is 226 g/mol. The Hall–Kier alpha value is -1.06. The van der Waals surface area contributed by atoms with Gasteiger partial charge in [-0.1, -0.05) is 0 Å². The van der Waals surface area contributed by atoms with Crippen LogP contribution < -0.4 is 0 Å². The van der Waals surface area contributed by atoms with Gasteiger partial charge in [0.25, 0.3) is 0 Å². The molecule has 2 aliphatic carbocycles. The highest BCUT2D eigenvalue weighted by Gasteiger charge is 2.54. The third-order valence-corrected chi connectivity index (χ3v) is 3.91. The molecule has 2 fully saturated rings. The molecule has 16 heavy (non-hydrogen) atoms. The summed E-state index contributed by atoms with van der Waals surface area (Å²) in [6.45, 7) is 2.25. The Balaban J connectivity index is 1.67. The van der Waals surface area contributed by atoms with Gasteiger partial charge in [-0.15, -0.1) is 0 Å². The highest BCUT2D eigenvalue weighted by atomic mass is 16.5. The molecule has 1 spiro atoms. The number of carbonyl (C=O) groups is 2. The van der Waals surface area contributed by atoms with Crippen LogP contribution in [0.15, 0.2) is 0 Å². The second kappa shape index (κ2) is 4.07. The molecule has 0 amide bonds. The highest BCUT2D eigenvalue weighted by molar-refractivity contribution is 5.72. The lowest BCUT2D eigenvalue weighted by molar-refractivity contribution is -0.162. The fourth-order valence-electron chi connectivity index (χ4n) is 3.26. The summed E-state index contributed by atoms with van der Waals surface area (Å²) in [4.78, 5) is 21.9. The number of carboxylic acid groups (broad SMARTS) is 1. The van der Waals surface area contributed by atoms with Crippen molar-refractivity contribution < 1.29 is 19.4 Å². The van der Waals surface area contributed by atoms with Crippen LogP contribution in [0.25, 0.3) is 0 Å². The first-order valence-corrected chi connectivity index (χ1v) is 5.93. The van der Waals surface area contributed by atoms with Crippen LogP contribution in [0.1, 0.15) is 39.0 Å². The quantitative estimate of drug-likeness (QED) is 0.743. The Labute approximate surface area is 95.0 Å². The Kier molecular flexibility index (Phi) is 2.91. The van der Waals surface area contributed by atoms with E-state index in [1.807, 2.05) is 6.92 Å². The minimum Gasteiger partial charge on any atom is -0.481 e. The Morgan fingerprint density at radius 3 is 2.44 bits per heavy atom. The van der Waals surface area contributed by atoms with Gasteiger partial charge in [0.05, 0.1) is 12.5 Å². The van der Waals surface area contributed by atoms with Gasteiger partial charge in [0.2, 0.25) is 0 Å². The van der Waals surface area contributed by atoms with Gasteiger partial charge in [-0.05, 0) is 43.9 Å². The summed E-state index contributed by atoms with van der Waals surface area (Å²) in [5.41, 5.74) is 0.264. The van der Waals surface area contributed by atoms with E-state index in [0.717, 1.165) is 25.7 Å². The summed E-state index contributed by atoms with van der Waals surface area (Å²) >= 11 is 0. The van der Waals surface area contributed by atoms with Crippen LogP contribution in [0.3, 0.4) is 0 Å². The Morgan fingerprint density at radius 2 is 1.94 bits per heavy atom. The number of hydrogen-bond donors (Lipinski definition) is 1. The van der Waals surface area contributed by atoms with Crippen LogP contribution in [0, 0.1) is 17.3 Å². The van der Waals surface area contributed by atoms with Gasteiger partial charge in [0, 0.05) is 6.42 Å². The van der Waals surface area contributed by atoms with Crippen LogP contribution >= 0.6 is 0 Å². The predicted molar refractivity (Wildman–Crippen MR) is 56.8 cm³/mol. The fraction of sp³-hybridized carbons (Fsp3) is 0.833. The fourth-order valence-corrected chi connectivity index (χ4v) is 3.26. The molecule has 2 rings (SSSR count). The number of hydrogen-bond acceptors (Lipinski definition) is 3. The maximum atomic E-state index is 11.2. The van der Waals surface area contributed by atoms with Crippen molar-refractivity contribution in [2.24, 2.45) is 17.3 Å². The molecule has 2 saturated carbocycles. The molecule has 0 radical (unpaired) electrons. The Morgan fingerprint density at radius 1 is 1.31 bits per heavy atom. The van der Waals surface area contributed by atoms with Crippen LogP contribution in [0.4, 0.5) is 0 Å². The van der Waals surface area contributed by atoms with E-state index in [2.05, 4.69) is 0 Å². The van der Waals surface area contributed by atoms with E-state index in [4.69, 9.17) is 9.84 Å². The monoisotopic (exact) mass is 226 g/mol. The van der Waals surface area contributed by atoms with E-state index in [1.54, 1.807) is 0 Å². The number of carbonyl (C=O) groups excluding carboxylic acids is 1. The van der Waals surface area contributed by atoms with Gasteiger partial charge < -0.3 is 9.84 Å². The van der Waals surface area contributed by atoms with Crippen LogP contribution in [0.2, 0.25) is 0 Å². The van der Waals surface area contributed by atoms with E-state index in [9.17, 15) is 9.59 Å². The standard InChI is InChI=1S/C12H18O4/c1-2-16-10(13)3-8-4-12(5-8)6-9(7-12)11(14)15/h8-9H,2-7H2,1H3,(H,14,15). The molecule has 0 aliphatic heterocycles. The topological polar surface area (TPSA) is 63.6 Å². The van der Waals surface area contributed by atoms with Crippen molar-refractivity contribution in [3.05, 3.63) is 0 Å². The second-order valence-corrected chi connectivity index (χ2v) is 5.23. The molecule has 0 bridgehead atoms. The molecule has 0 aromatic carbocycles. The molecule has 2 aliphatic rings. The smallest absolute Gasteiger partial charge is 0.306 e. The zero-order valence-corrected chi connectivity index (χ0v) is 9.57. The van der Waals surface area contributed by atoms with Gasteiger partial charge in [-0.2, -0.15) is 0 Å². The molecule has 0 aromatic heterocycles. The summed E-state index contributed by atoms with van der Waals surface area (Å²) in [7, 11) is 0. The lowest BCUT2D eigenvalue weighted by Crippen LogP contribution is -2.50. The number of esters is 1. The van der Waals surface area contributed by atoms with Gasteiger partial charge in [-0.25, -0.2) is 0 Å². The van der Waals surface area contributed by atoms with E-state index in [-0.39, 0.29) is 17.3 Å². The predicted octanol–water partition coefficient (Wildman–Crippen LogP) is 1.83. The maximum Gasteiger partial charge on any atom is 0.306 e. The first-order valence-electron chi connectivity index (χ1n) is 5.93. The molecule has 90 valence electrons. The minimum absolute atomic E-state index is 0.114. The molecule has 0 aromatic rings. The second-order valence-electron chi connectivity index (χ2n) is 5.23. The van der Waals surface area contributed by atoms with E-state index in [1.165, 1.54) is 0 Å². The zero-order valence-electron chi connectivity index (χ0n) is 9.57. The van der Waals surface area contributed by atoms with Crippen molar-refractivity contribution in [3.63, 3.8) is 0 Å². The number of ether oxygens (including phenoxy) is 1. The van der Waals surface area contributed by atoms with Crippen molar-refractivity contribution in [2.75, 3.05) is 6.61 Å². The van der Waals surface area contributed by atoms with Crippen molar-refractivity contribution >= 4 is 11.9 Å². The maximum absolute atomic E-state index is 11.2. The molecule has 0 atom stereocenters. The van der Waals surface area contributed by atoms with Crippen LogP contribution in [-0.2, 0) is 14.3 Å². The summed E-state index contributed by atoms with van der Waals surface area (Å²) < 4.78 is 4.89. The summed E-state index contributed by atoms with van der Waals surface area (Å²) in [6.07, 6.45) is 4.14. The third kappa shape index (κ3) is 2.06. The number of carboxylic acids is 1. The van der Waals surface area contributed by atoms with Crippen molar-refractivity contribution in [1.29, 1.82) is 0 Å². The van der Waals surface area contributed by atoms with Crippen molar-refractivity contribution in [3.8, 4) is 0 Å². The normalized spacial score (nSPS) is 36.3. The van der Waals surface area contributed by atoms with Gasteiger partial charge in [-0.3, -0.25) is 9.59 Å². The van der Waals surface area contributed by atoms with Gasteiger partial charge in [0.1, 0.15) is 0 Å². The Bertz CT molecular complexity index is 296.